The SMILES string of the molecule is O=C(NCc1c(F)cccc1F)C(=O)Nc1cc(F)ccc1F. The fraction of sp³-hybridized carbons (Fsp3) is 0.0667. The van der Waals surface area contributed by atoms with Crippen LogP contribution in [0.3, 0.4) is 0 Å². The summed E-state index contributed by atoms with van der Waals surface area (Å²) in [5, 5.41) is 3.85. The minimum Gasteiger partial charge on any atom is -0.344 e. The van der Waals surface area contributed by atoms with Crippen molar-refractivity contribution >= 4 is 17.5 Å². The van der Waals surface area contributed by atoms with Crippen molar-refractivity contribution in [3.8, 4) is 0 Å². The first-order valence-electron chi connectivity index (χ1n) is 6.35. The number of carbonyl (C=O) groups excluding carboxylic acids is 2. The van der Waals surface area contributed by atoms with Gasteiger partial charge < -0.3 is 10.6 Å². The van der Waals surface area contributed by atoms with Gasteiger partial charge in [0.25, 0.3) is 0 Å². The minimum absolute atomic E-state index is 0.425. The molecule has 4 nitrogen and oxygen atoms in total. The molecule has 0 bridgehead atoms. The zero-order valence-electron chi connectivity index (χ0n) is 11.5. The van der Waals surface area contributed by atoms with Crippen LogP contribution in [0.1, 0.15) is 5.56 Å². The second-order valence-corrected chi connectivity index (χ2v) is 4.46. The summed E-state index contributed by atoms with van der Waals surface area (Å²) in [6, 6.07) is 5.44. The number of anilines is 1. The number of hydrogen-bond acceptors (Lipinski definition) is 2. The first-order valence-corrected chi connectivity index (χ1v) is 6.35. The predicted octanol–water partition coefficient (Wildman–Crippen LogP) is 2.50. The molecule has 2 rings (SSSR count). The van der Waals surface area contributed by atoms with Gasteiger partial charge in [-0.3, -0.25) is 9.59 Å². The summed E-state index contributed by atoms with van der Waals surface area (Å²) in [7, 11) is 0. The fourth-order valence-electron chi connectivity index (χ4n) is 1.72. The van der Waals surface area contributed by atoms with Gasteiger partial charge in [0.15, 0.2) is 0 Å². The molecule has 2 amide bonds. The van der Waals surface area contributed by atoms with E-state index in [0.717, 1.165) is 30.3 Å². The number of halogens is 4. The quantitative estimate of drug-likeness (QED) is 0.672. The van der Waals surface area contributed by atoms with Gasteiger partial charge in [-0.1, -0.05) is 6.07 Å². The highest BCUT2D eigenvalue weighted by atomic mass is 19.1. The highest BCUT2D eigenvalue weighted by molar-refractivity contribution is 6.39. The van der Waals surface area contributed by atoms with Crippen LogP contribution in [0.5, 0.6) is 0 Å². The summed E-state index contributed by atoms with van der Waals surface area (Å²) < 4.78 is 53.0. The molecule has 2 aromatic rings. The molecular weight excluding hydrogens is 316 g/mol. The van der Waals surface area contributed by atoms with E-state index in [2.05, 4.69) is 0 Å². The smallest absolute Gasteiger partial charge is 0.313 e. The Balaban J connectivity index is 2.01. The molecule has 0 aliphatic carbocycles. The molecule has 0 fully saturated rings. The van der Waals surface area contributed by atoms with E-state index in [1.54, 1.807) is 0 Å². The highest BCUT2D eigenvalue weighted by Gasteiger charge is 2.17. The van der Waals surface area contributed by atoms with Crippen molar-refractivity contribution in [2.45, 2.75) is 6.54 Å². The first-order chi connectivity index (χ1) is 10.9. The second-order valence-electron chi connectivity index (χ2n) is 4.46. The molecule has 0 aromatic heterocycles. The van der Waals surface area contributed by atoms with Crippen LogP contribution in [-0.4, -0.2) is 11.8 Å². The Morgan fingerprint density at radius 2 is 1.52 bits per heavy atom. The zero-order valence-corrected chi connectivity index (χ0v) is 11.5. The van der Waals surface area contributed by atoms with Crippen LogP contribution in [0.4, 0.5) is 23.2 Å². The molecular formula is C15H10F4N2O2. The van der Waals surface area contributed by atoms with Gasteiger partial charge in [0.2, 0.25) is 0 Å². The van der Waals surface area contributed by atoms with Crippen molar-refractivity contribution in [2.75, 3.05) is 5.32 Å². The first kappa shape index (κ1) is 16.5. The Kier molecular flexibility index (Phi) is 4.95. The van der Waals surface area contributed by atoms with Crippen molar-refractivity contribution < 1.29 is 27.2 Å². The average molecular weight is 326 g/mol. The van der Waals surface area contributed by atoms with E-state index in [1.807, 2.05) is 10.6 Å². The highest BCUT2D eigenvalue weighted by Crippen LogP contribution is 2.15. The normalized spacial score (nSPS) is 10.3. The summed E-state index contributed by atoms with van der Waals surface area (Å²) in [5.74, 6) is -6.07. The maximum Gasteiger partial charge on any atom is 0.313 e. The van der Waals surface area contributed by atoms with Crippen LogP contribution in [0.2, 0.25) is 0 Å². The van der Waals surface area contributed by atoms with E-state index in [-0.39, 0.29) is 0 Å². The lowest BCUT2D eigenvalue weighted by Crippen LogP contribution is -2.35. The molecule has 0 spiro atoms. The zero-order chi connectivity index (χ0) is 17.0. The standard InChI is InChI=1S/C15H10F4N2O2/c16-8-4-5-12(19)13(6-8)21-15(23)14(22)20-7-9-10(17)2-1-3-11(9)18/h1-6H,7H2,(H,20,22)(H,21,23). The van der Waals surface area contributed by atoms with Crippen molar-refractivity contribution in [3.05, 3.63) is 65.2 Å². The van der Waals surface area contributed by atoms with Gasteiger partial charge in [-0.2, -0.15) is 0 Å². The van der Waals surface area contributed by atoms with Gasteiger partial charge in [-0.05, 0) is 24.3 Å². The van der Waals surface area contributed by atoms with Crippen LogP contribution in [-0.2, 0) is 16.1 Å². The number of amides is 2. The monoisotopic (exact) mass is 326 g/mol. The Hall–Kier alpha value is -2.90. The van der Waals surface area contributed by atoms with Gasteiger partial charge in [0.1, 0.15) is 23.3 Å². The van der Waals surface area contributed by atoms with E-state index < -0.39 is 52.9 Å². The Bertz CT molecular complexity index is 745. The third kappa shape index (κ3) is 4.06. The summed E-state index contributed by atoms with van der Waals surface area (Å²) in [6.07, 6.45) is 0. The molecule has 0 atom stereocenters. The lowest BCUT2D eigenvalue weighted by molar-refractivity contribution is -0.136. The molecule has 2 N–H and O–H groups in total. The minimum atomic E-state index is -1.30. The van der Waals surface area contributed by atoms with Crippen molar-refractivity contribution in [1.82, 2.24) is 5.32 Å². The third-order valence-corrected chi connectivity index (χ3v) is 2.87. The molecule has 0 unspecified atom stereocenters. The summed E-state index contributed by atoms with van der Waals surface area (Å²) >= 11 is 0. The van der Waals surface area contributed by atoms with E-state index >= 15 is 0 Å². The van der Waals surface area contributed by atoms with E-state index in [4.69, 9.17) is 0 Å². The predicted molar refractivity (Wildman–Crippen MR) is 73.2 cm³/mol. The maximum absolute atomic E-state index is 13.4. The number of hydrogen-bond donors (Lipinski definition) is 2. The van der Waals surface area contributed by atoms with Crippen LogP contribution >= 0.6 is 0 Å². The van der Waals surface area contributed by atoms with E-state index in [9.17, 15) is 27.2 Å². The van der Waals surface area contributed by atoms with Crippen molar-refractivity contribution in [3.63, 3.8) is 0 Å². The van der Waals surface area contributed by atoms with Crippen molar-refractivity contribution in [1.29, 1.82) is 0 Å². The molecule has 0 saturated carbocycles. The Morgan fingerprint density at radius 1 is 0.870 bits per heavy atom. The maximum atomic E-state index is 13.4. The fourth-order valence-corrected chi connectivity index (χ4v) is 1.72. The van der Waals surface area contributed by atoms with Gasteiger partial charge in [-0.25, -0.2) is 17.6 Å². The summed E-state index contributed by atoms with van der Waals surface area (Å²) in [6.45, 7) is -0.573. The van der Waals surface area contributed by atoms with Gasteiger partial charge in [0, 0.05) is 18.2 Å². The van der Waals surface area contributed by atoms with Crippen LogP contribution in [0, 0.1) is 23.3 Å². The lowest BCUT2D eigenvalue weighted by Gasteiger charge is -2.08. The molecule has 23 heavy (non-hydrogen) atoms. The summed E-state index contributed by atoms with van der Waals surface area (Å²) in [4.78, 5) is 23.1. The molecule has 0 saturated heterocycles. The second kappa shape index (κ2) is 6.91. The molecule has 2 aromatic carbocycles. The molecule has 8 heteroatoms. The Morgan fingerprint density at radius 3 is 2.17 bits per heavy atom. The number of rotatable bonds is 3. The van der Waals surface area contributed by atoms with Crippen LogP contribution in [0.15, 0.2) is 36.4 Å². The summed E-state index contributed by atoms with van der Waals surface area (Å²) in [5.41, 5.74) is -0.951. The van der Waals surface area contributed by atoms with E-state index in [1.165, 1.54) is 0 Å². The van der Waals surface area contributed by atoms with Crippen molar-refractivity contribution in [2.24, 2.45) is 0 Å². The molecule has 0 aliphatic rings. The number of nitrogens with one attached hydrogen (secondary N) is 2. The molecule has 0 heterocycles. The largest absolute Gasteiger partial charge is 0.344 e. The lowest BCUT2D eigenvalue weighted by atomic mass is 10.2. The van der Waals surface area contributed by atoms with Crippen LogP contribution in [0.25, 0.3) is 0 Å². The van der Waals surface area contributed by atoms with Gasteiger partial charge >= 0.3 is 11.8 Å². The van der Waals surface area contributed by atoms with E-state index in [0.29, 0.717) is 6.07 Å². The Labute approximate surface area is 128 Å². The van der Waals surface area contributed by atoms with Crippen LogP contribution < -0.4 is 10.6 Å². The topological polar surface area (TPSA) is 58.2 Å². The average Bonchev–Trinajstić information content (AvgIpc) is 2.50. The number of carbonyl (C=O) groups is 2. The molecule has 0 radical (unpaired) electrons. The van der Waals surface area contributed by atoms with Gasteiger partial charge in [-0.15, -0.1) is 0 Å². The van der Waals surface area contributed by atoms with Gasteiger partial charge in [0.05, 0.1) is 5.69 Å². The number of benzene rings is 2. The molecule has 0 aliphatic heterocycles. The molecule has 120 valence electrons. The third-order valence-electron chi connectivity index (χ3n) is 2.87.